The predicted octanol–water partition coefficient (Wildman–Crippen LogP) is 5.78. The van der Waals surface area contributed by atoms with E-state index in [1.807, 2.05) is 50.2 Å². The van der Waals surface area contributed by atoms with Crippen molar-refractivity contribution in [3.8, 4) is 5.75 Å². The van der Waals surface area contributed by atoms with Crippen LogP contribution in [0.15, 0.2) is 82.8 Å². The molecule has 1 fully saturated rings. The van der Waals surface area contributed by atoms with E-state index in [-0.39, 0.29) is 11.3 Å². The molecule has 0 radical (unpaired) electrons. The summed E-state index contributed by atoms with van der Waals surface area (Å²) in [5.41, 5.74) is 2.71. The van der Waals surface area contributed by atoms with Gasteiger partial charge >= 0.3 is 0 Å². The monoisotopic (exact) mass is 491 g/mol. The quantitative estimate of drug-likeness (QED) is 0.279. The first-order valence-electron chi connectivity index (χ1n) is 10.3. The Balaban J connectivity index is 1.92. The Morgan fingerprint density at radius 2 is 1.66 bits per heavy atom. The Morgan fingerprint density at radius 3 is 2.28 bits per heavy atom. The van der Waals surface area contributed by atoms with Gasteiger partial charge in [0.2, 0.25) is 0 Å². The zero-order valence-corrected chi connectivity index (χ0v) is 19.3. The van der Waals surface area contributed by atoms with Crippen LogP contribution in [0.25, 0.3) is 5.76 Å². The number of benzene rings is 3. The number of aliphatic hydroxyl groups is 1. The van der Waals surface area contributed by atoms with Gasteiger partial charge in [-0.25, -0.2) is 0 Å². The first-order valence-corrected chi connectivity index (χ1v) is 11.1. The van der Waals surface area contributed by atoms with Gasteiger partial charge in [0.25, 0.3) is 11.7 Å². The number of carbonyl (C=O) groups excluding carboxylic acids is 2. The molecule has 0 saturated carbocycles. The maximum Gasteiger partial charge on any atom is 0.300 e. The molecule has 1 aliphatic heterocycles. The first kappa shape index (κ1) is 21.8. The molecule has 1 unspecified atom stereocenters. The van der Waals surface area contributed by atoms with E-state index in [4.69, 9.17) is 4.74 Å². The highest BCUT2D eigenvalue weighted by molar-refractivity contribution is 9.10. The number of hydrogen-bond donors (Lipinski definition) is 1. The molecule has 32 heavy (non-hydrogen) atoms. The van der Waals surface area contributed by atoms with Crippen molar-refractivity contribution in [3.05, 3.63) is 99.5 Å². The Hall–Kier alpha value is -3.38. The van der Waals surface area contributed by atoms with Gasteiger partial charge in [0.15, 0.2) is 0 Å². The second kappa shape index (κ2) is 9.01. The van der Waals surface area contributed by atoms with Crippen molar-refractivity contribution >= 4 is 39.1 Å². The van der Waals surface area contributed by atoms with Crippen LogP contribution in [0.2, 0.25) is 0 Å². The van der Waals surface area contributed by atoms with E-state index in [0.29, 0.717) is 29.2 Å². The van der Waals surface area contributed by atoms with Crippen LogP contribution in [-0.4, -0.2) is 23.4 Å². The van der Waals surface area contributed by atoms with Crippen molar-refractivity contribution in [1.29, 1.82) is 0 Å². The molecule has 0 aromatic heterocycles. The maximum absolute atomic E-state index is 13.2. The SMILES string of the molecule is CCOc1ccc(C2/C(=C(\O)c3ccc(Br)cc3)C(=O)C(=O)N2c2ccccc2C)cc1. The van der Waals surface area contributed by atoms with E-state index in [0.717, 1.165) is 10.0 Å². The van der Waals surface area contributed by atoms with Crippen molar-refractivity contribution in [3.63, 3.8) is 0 Å². The van der Waals surface area contributed by atoms with Gasteiger partial charge in [-0.05, 0) is 55.3 Å². The van der Waals surface area contributed by atoms with E-state index < -0.39 is 17.7 Å². The Labute approximate surface area is 195 Å². The van der Waals surface area contributed by atoms with Crippen molar-refractivity contribution in [2.75, 3.05) is 11.5 Å². The summed E-state index contributed by atoms with van der Waals surface area (Å²) in [6, 6.07) is 20.8. The van der Waals surface area contributed by atoms with Crippen molar-refractivity contribution in [2.45, 2.75) is 19.9 Å². The highest BCUT2D eigenvalue weighted by Gasteiger charge is 2.47. The molecule has 5 nitrogen and oxygen atoms in total. The van der Waals surface area contributed by atoms with Gasteiger partial charge in [0.05, 0.1) is 18.2 Å². The number of nitrogens with zero attached hydrogens (tertiary/aromatic N) is 1. The van der Waals surface area contributed by atoms with Gasteiger partial charge in [0.1, 0.15) is 11.5 Å². The smallest absolute Gasteiger partial charge is 0.300 e. The summed E-state index contributed by atoms with van der Waals surface area (Å²) in [6.07, 6.45) is 0. The number of aliphatic hydroxyl groups excluding tert-OH is 1. The van der Waals surface area contributed by atoms with Gasteiger partial charge in [0, 0.05) is 15.7 Å². The zero-order chi connectivity index (χ0) is 22.8. The summed E-state index contributed by atoms with van der Waals surface area (Å²) in [6.45, 7) is 4.32. The molecular formula is C26H22BrNO4. The number of rotatable bonds is 5. The van der Waals surface area contributed by atoms with Crippen molar-refractivity contribution < 1.29 is 19.4 Å². The fraction of sp³-hybridized carbons (Fsp3) is 0.154. The summed E-state index contributed by atoms with van der Waals surface area (Å²) in [4.78, 5) is 27.9. The third kappa shape index (κ3) is 3.94. The van der Waals surface area contributed by atoms with Gasteiger partial charge in [-0.1, -0.05) is 58.4 Å². The number of para-hydroxylation sites is 1. The lowest BCUT2D eigenvalue weighted by atomic mass is 9.95. The molecule has 0 aliphatic carbocycles. The summed E-state index contributed by atoms with van der Waals surface area (Å²) >= 11 is 3.38. The Morgan fingerprint density at radius 1 is 1.00 bits per heavy atom. The maximum atomic E-state index is 13.2. The molecule has 0 bridgehead atoms. The molecule has 6 heteroatoms. The zero-order valence-electron chi connectivity index (χ0n) is 17.7. The number of hydrogen-bond acceptors (Lipinski definition) is 4. The number of halogens is 1. The highest BCUT2D eigenvalue weighted by atomic mass is 79.9. The first-order chi connectivity index (χ1) is 15.4. The van der Waals surface area contributed by atoms with Crippen LogP contribution in [-0.2, 0) is 9.59 Å². The molecule has 4 rings (SSSR count). The Kier molecular flexibility index (Phi) is 6.15. The lowest BCUT2D eigenvalue weighted by molar-refractivity contribution is -0.132. The molecule has 1 aliphatic rings. The highest BCUT2D eigenvalue weighted by Crippen LogP contribution is 2.43. The van der Waals surface area contributed by atoms with Crippen LogP contribution >= 0.6 is 15.9 Å². The lowest BCUT2D eigenvalue weighted by Gasteiger charge is -2.27. The fourth-order valence-corrected chi connectivity index (χ4v) is 4.17. The normalized spacial score (nSPS) is 17.6. The molecule has 1 saturated heterocycles. The van der Waals surface area contributed by atoms with Crippen molar-refractivity contribution in [1.82, 2.24) is 0 Å². The molecule has 1 amide bonds. The molecule has 3 aromatic carbocycles. The average Bonchev–Trinajstić information content (AvgIpc) is 3.05. The van der Waals surface area contributed by atoms with E-state index in [1.54, 1.807) is 36.4 Å². The fourth-order valence-electron chi connectivity index (χ4n) is 3.91. The van der Waals surface area contributed by atoms with Crippen LogP contribution in [0.5, 0.6) is 5.75 Å². The number of amides is 1. The van der Waals surface area contributed by atoms with E-state index in [9.17, 15) is 14.7 Å². The van der Waals surface area contributed by atoms with Crippen molar-refractivity contribution in [2.24, 2.45) is 0 Å². The van der Waals surface area contributed by atoms with Crippen LogP contribution in [0.3, 0.4) is 0 Å². The standard InChI is InChI=1S/C26H22BrNO4/c1-3-32-20-14-10-17(11-15-20)23-22(24(29)18-8-12-19(27)13-9-18)25(30)26(31)28(23)21-7-5-4-6-16(21)2/h4-15,23,29H,3H2,1-2H3/b24-22+. The molecule has 1 atom stereocenters. The topological polar surface area (TPSA) is 66.8 Å². The molecule has 1 N–H and O–H groups in total. The van der Waals surface area contributed by atoms with Crippen LogP contribution in [0.4, 0.5) is 5.69 Å². The van der Waals surface area contributed by atoms with E-state index >= 15 is 0 Å². The average molecular weight is 492 g/mol. The number of ketones is 1. The second-order valence-corrected chi connectivity index (χ2v) is 8.38. The van der Waals surface area contributed by atoms with Gasteiger partial charge in [-0.3, -0.25) is 14.5 Å². The third-order valence-electron chi connectivity index (χ3n) is 5.44. The van der Waals surface area contributed by atoms with E-state index in [1.165, 1.54) is 4.90 Å². The summed E-state index contributed by atoms with van der Waals surface area (Å²) in [5.74, 6) is -0.896. The summed E-state index contributed by atoms with van der Waals surface area (Å²) in [5, 5.41) is 11.1. The number of ether oxygens (including phenoxy) is 1. The van der Waals surface area contributed by atoms with Gasteiger partial charge in [-0.2, -0.15) is 0 Å². The minimum absolute atomic E-state index is 0.0599. The third-order valence-corrected chi connectivity index (χ3v) is 5.97. The second-order valence-electron chi connectivity index (χ2n) is 7.46. The van der Waals surface area contributed by atoms with Gasteiger partial charge in [-0.15, -0.1) is 0 Å². The number of anilines is 1. The molecule has 1 heterocycles. The van der Waals surface area contributed by atoms with E-state index in [2.05, 4.69) is 15.9 Å². The minimum Gasteiger partial charge on any atom is -0.507 e. The summed E-state index contributed by atoms with van der Waals surface area (Å²) in [7, 11) is 0. The predicted molar refractivity (Wildman–Crippen MR) is 128 cm³/mol. The number of carbonyl (C=O) groups is 2. The molecule has 0 spiro atoms. The van der Waals surface area contributed by atoms with Crippen LogP contribution in [0.1, 0.15) is 29.7 Å². The van der Waals surface area contributed by atoms with Crippen LogP contribution < -0.4 is 9.64 Å². The van der Waals surface area contributed by atoms with Crippen LogP contribution in [0, 0.1) is 6.92 Å². The largest absolute Gasteiger partial charge is 0.507 e. The number of aryl methyl sites for hydroxylation is 1. The number of Topliss-reactive ketones (excluding diaryl/α,β-unsaturated/α-hetero) is 1. The van der Waals surface area contributed by atoms with Gasteiger partial charge < -0.3 is 9.84 Å². The Bertz CT molecular complexity index is 1200. The minimum atomic E-state index is -0.768. The lowest BCUT2D eigenvalue weighted by Crippen LogP contribution is -2.30. The molecular weight excluding hydrogens is 470 g/mol. The molecule has 3 aromatic rings. The summed E-state index contributed by atoms with van der Waals surface area (Å²) < 4.78 is 6.38. The molecule has 162 valence electrons.